The maximum Gasteiger partial charge on any atom is 0.301 e. The van der Waals surface area contributed by atoms with Gasteiger partial charge in [-0.25, -0.2) is 14.4 Å². The van der Waals surface area contributed by atoms with Crippen LogP contribution in [0.15, 0.2) is 30.5 Å². The Morgan fingerprint density at radius 3 is 2.42 bits per heavy atom. The molecule has 178 valence electrons. The van der Waals surface area contributed by atoms with Crippen molar-refractivity contribution in [2.75, 3.05) is 12.0 Å². The predicted molar refractivity (Wildman–Crippen MR) is 124 cm³/mol. The molecule has 0 saturated carbocycles. The van der Waals surface area contributed by atoms with Gasteiger partial charge in [0.15, 0.2) is 0 Å². The summed E-state index contributed by atoms with van der Waals surface area (Å²) in [7, 11) is -2.75. The van der Waals surface area contributed by atoms with Gasteiger partial charge >= 0.3 is 5.92 Å². The van der Waals surface area contributed by atoms with Gasteiger partial charge in [-0.3, -0.25) is 4.98 Å². The number of nitrogens with zero attached hydrogens (tertiary/aromatic N) is 3. The number of alkyl halides is 2. The Morgan fingerprint density at radius 2 is 1.82 bits per heavy atom. The molecule has 2 N–H and O–H groups in total. The Kier molecular flexibility index (Phi) is 6.87. The van der Waals surface area contributed by atoms with Gasteiger partial charge in [-0.15, -0.1) is 0 Å². The molecule has 0 fully saturated rings. The number of nitrogens with one attached hydrogen (secondary N) is 1. The highest BCUT2D eigenvalue weighted by Gasteiger charge is 2.40. The highest BCUT2D eigenvalue weighted by Crippen LogP contribution is 2.45. The number of aliphatic hydroxyl groups is 1. The standard InChI is InChI=1S/C23H28F3N4O2P/c1-12(2)33(6,32)20-10-17-19(11-27-20)29-15(5)30-22(17)28-13(3)16-8-7-9-18(21(16)24)23(25,26)14(4)31/h7-14,31H,1-6H3,(H,28,29,30)/t13-,14?,33?/m1/s1. The molecule has 33 heavy (non-hydrogen) atoms. The molecule has 0 bridgehead atoms. The summed E-state index contributed by atoms with van der Waals surface area (Å²) in [4.78, 5) is 13.1. The first-order chi connectivity index (χ1) is 15.3. The van der Waals surface area contributed by atoms with Crippen LogP contribution < -0.4 is 10.8 Å². The van der Waals surface area contributed by atoms with Crippen molar-refractivity contribution < 1.29 is 22.8 Å². The van der Waals surface area contributed by atoms with Crippen molar-refractivity contribution >= 4 is 29.3 Å². The largest absolute Gasteiger partial charge is 0.387 e. The Morgan fingerprint density at radius 1 is 1.15 bits per heavy atom. The first-order valence-electron chi connectivity index (χ1n) is 10.6. The van der Waals surface area contributed by atoms with Crippen molar-refractivity contribution in [2.45, 2.75) is 58.3 Å². The van der Waals surface area contributed by atoms with Crippen LogP contribution in [0.5, 0.6) is 0 Å². The molecule has 2 aromatic heterocycles. The first kappa shape index (κ1) is 25.1. The second kappa shape index (κ2) is 9.03. The van der Waals surface area contributed by atoms with Crippen LogP contribution in [0, 0.1) is 12.7 Å². The minimum absolute atomic E-state index is 0.00476. The number of aryl methyl sites for hydroxylation is 1. The summed E-state index contributed by atoms with van der Waals surface area (Å²) < 4.78 is 56.9. The van der Waals surface area contributed by atoms with Gasteiger partial charge in [0, 0.05) is 16.6 Å². The summed E-state index contributed by atoms with van der Waals surface area (Å²) in [6.07, 6.45) is -0.520. The summed E-state index contributed by atoms with van der Waals surface area (Å²) in [6, 6.07) is 4.60. The van der Waals surface area contributed by atoms with E-state index in [9.17, 15) is 18.5 Å². The lowest BCUT2D eigenvalue weighted by atomic mass is 9.97. The molecule has 2 heterocycles. The van der Waals surface area contributed by atoms with E-state index in [0.717, 1.165) is 13.0 Å². The fourth-order valence-corrected chi connectivity index (χ4v) is 4.61. The number of anilines is 1. The fraction of sp³-hybridized carbons (Fsp3) is 0.435. The van der Waals surface area contributed by atoms with Crippen LogP contribution in [-0.4, -0.2) is 38.5 Å². The zero-order chi connectivity index (χ0) is 24.7. The van der Waals surface area contributed by atoms with Crippen molar-refractivity contribution in [2.24, 2.45) is 0 Å². The van der Waals surface area contributed by atoms with Gasteiger partial charge in [-0.2, -0.15) is 8.78 Å². The minimum atomic E-state index is -3.74. The van der Waals surface area contributed by atoms with Crippen LogP contribution in [-0.2, 0) is 10.5 Å². The van der Waals surface area contributed by atoms with Gasteiger partial charge in [-0.05, 0) is 39.6 Å². The predicted octanol–water partition coefficient (Wildman–Crippen LogP) is 5.14. The van der Waals surface area contributed by atoms with Crippen LogP contribution in [0.2, 0.25) is 0 Å². The van der Waals surface area contributed by atoms with E-state index in [0.29, 0.717) is 28.0 Å². The molecule has 3 atom stereocenters. The average Bonchev–Trinajstić information content (AvgIpc) is 2.72. The second-order valence-electron chi connectivity index (χ2n) is 8.64. The number of benzene rings is 1. The van der Waals surface area contributed by atoms with E-state index in [1.807, 2.05) is 13.8 Å². The topological polar surface area (TPSA) is 88.0 Å². The third-order valence-electron chi connectivity index (χ3n) is 5.85. The molecule has 2 unspecified atom stereocenters. The van der Waals surface area contributed by atoms with E-state index in [1.165, 1.54) is 18.3 Å². The highest BCUT2D eigenvalue weighted by atomic mass is 31.2. The molecule has 3 aromatic rings. The van der Waals surface area contributed by atoms with E-state index in [2.05, 4.69) is 20.3 Å². The third kappa shape index (κ3) is 4.75. The van der Waals surface area contributed by atoms with Crippen molar-refractivity contribution in [3.8, 4) is 0 Å². The number of halogens is 3. The number of aliphatic hydroxyl groups excluding tert-OH is 1. The molecule has 0 spiro atoms. The molecule has 3 rings (SSSR count). The molecule has 1 aromatic carbocycles. The number of pyridine rings is 1. The summed E-state index contributed by atoms with van der Waals surface area (Å²) in [5.74, 6) is -4.05. The smallest absolute Gasteiger partial charge is 0.301 e. The van der Waals surface area contributed by atoms with Crippen LogP contribution in [0.3, 0.4) is 0 Å². The maximum absolute atomic E-state index is 15.1. The first-order valence-corrected chi connectivity index (χ1v) is 12.8. The van der Waals surface area contributed by atoms with Crippen LogP contribution in [0.25, 0.3) is 10.9 Å². The van der Waals surface area contributed by atoms with Gasteiger partial charge in [0.05, 0.1) is 23.3 Å². The Labute approximate surface area is 191 Å². The molecule has 10 heteroatoms. The highest BCUT2D eigenvalue weighted by molar-refractivity contribution is 7.71. The van der Waals surface area contributed by atoms with Crippen molar-refractivity contribution in [1.82, 2.24) is 15.0 Å². The van der Waals surface area contributed by atoms with Gasteiger partial charge in [0.1, 0.15) is 36.1 Å². The zero-order valence-corrected chi connectivity index (χ0v) is 20.3. The monoisotopic (exact) mass is 480 g/mol. The number of hydrogen-bond donors (Lipinski definition) is 2. The molecule has 0 amide bonds. The third-order valence-corrected chi connectivity index (χ3v) is 8.98. The molecule has 0 radical (unpaired) electrons. The van der Waals surface area contributed by atoms with Gasteiger partial charge < -0.3 is 15.0 Å². The Bertz CT molecular complexity index is 1230. The normalized spacial score (nSPS) is 16.0. The minimum Gasteiger partial charge on any atom is -0.387 e. The number of hydrogen-bond acceptors (Lipinski definition) is 6. The maximum atomic E-state index is 15.1. The van der Waals surface area contributed by atoms with Gasteiger partial charge in [0.2, 0.25) is 0 Å². The summed E-state index contributed by atoms with van der Waals surface area (Å²) in [5.41, 5.74) is -0.0494. The van der Waals surface area contributed by atoms with Gasteiger partial charge in [0.25, 0.3) is 0 Å². The number of aromatic nitrogens is 3. The van der Waals surface area contributed by atoms with E-state index < -0.39 is 36.6 Å². The number of rotatable bonds is 7. The van der Waals surface area contributed by atoms with Crippen molar-refractivity contribution in [3.63, 3.8) is 0 Å². The molecule has 0 aliphatic heterocycles. The van der Waals surface area contributed by atoms with E-state index in [-0.39, 0.29) is 11.2 Å². The number of fused-ring (bicyclic) bond motifs is 1. The lowest BCUT2D eigenvalue weighted by Gasteiger charge is -2.23. The Hall–Kier alpha value is -2.51. The van der Waals surface area contributed by atoms with E-state index in [4.69, 9.17) is 0 Å². The van der Waals surface area contributed by atoms with Crippen LogP contribution >= 0.6 is 7.14 Å². The molecule has 0 aliphatic carbocycles. The summed E-state index contributed by atoms with van der Waals surface area (Å²) in [6.45, 7) is 9.61. The molecule has 6 nitrogen and oxygen atoms in total. The van der Waals surface area contributed by atoms with Crippen LogP contribution in [0.1, 0.15) is 50.7 Å². The molecule has 0 aliphatic rings. The average molecular weight is 480 g/mol. The van der Waals surface area contributed by atoms with Crippen molar-refractivity contribution in [1.29, 1.82) is 0 Å². The van der Waals surface area contributed by atoms with E-state index in [1.54, 1.807) is 26.6 Å². The lowest BCUT2D eigenvalue weighted by Crippen LogP contribution is -2.29. The second-order valence-corrected chi connectivity index (χ2v) is 12.1. The SMILES string of the molecule is Cc1nc(N[C@H](C)c2cccc(C(F)(F)C(C)O)c2F)c2cc(P(C)(=O)C(C)C)ncc2n1. The molecule has 0 saturated heterocycles. The van der Waals surface area contributed by atoms with Crippen LogP contribution in [0.4, 0.5) is 19.0 Å². The lowest BCUT2D eigenvalue weighted by molar-refractivity contribution is -0.108. The zero-order valence-electron chi connectivity index (χ0n) is 19.4. The van der Waals surface area contributed by atoms with Crippen molar-refractivity contribution in [3.05, 3.63) is 53.2 Å². The molecular formula is C23H28F3N4O2P. The molecular weight excluding hydrogens is 452 g/mol. The summed E-state index contributed by atoms with van der Waals surface area (Å²) in [5, 5.41) is 13.1. The fourth-order valence-electron chi connectivity index (χ4n) is 3.40. The quantitative estimate of drug-likeness (QED) is 0.455. The van der Waals surface area contributed by atoms with E-state index >= 15 is 4.39 Å². The van der Waals surface area contributed by atoms with Gasteiger partial charge in [-0.1, -0.05) is 26.0 Å². The Balaban J connectivity index is 2.07. The summed E-state index contributed by atoms with van der Waals surface area (Å²) >= 11 is 0.